The zero-order valence-corrected chi connectivity index (χ0v) is 20.4. The van der Waals surface area contributed by atoms with Gasteiger partial charge in [0.2, 0.25) is 12.1 Å². The molecule has 26 heavy (non-hydrogen) atoms. The van der Waals surface area contributed by atoms with Gasteiger partial charge in [-0.05, 0) is 51.9 Å². The summed E-state index contributed by atoms with van der Waals surface area (Å²) in [6, 6.07) is 9.84. The van der Waals surface area contributed by atoms with Gasteiger partial charge in [0.1, 0.15) is 0 Å². The van der Waals surface area contributed by atoms with Crippen molar-refractivity contribution in [2.24, 2.45) is 0 Å². The van der Waals surface area contributed by atoms with Crippen LogP contribution in [0.25, 0.3) is 0 Å². The first-order valence-corrected chi connectivity index (χ1v) is 18.3. The Morgan fingerprint density at radius 2 is 1.54 bits per heavy atom. The molecule has 0 heterocycles. The van der Waals surface area contributed by atoms with Crippen LogP contribution < -0.4 is 0 Å². The summed E-state index contributed by atoms with van der Waals surface area (Å²) in [4.78, 5) is 12.4. The standard InChI is InChI=1S/C18H34O5Si3/c1-20-18(17(19)16-12-10-9-11-13-16)21-14-15-25(5,6)23-26(7,8)22-24(2,3)4/h9-13,18H,14-15H2,1-8H3. The number of hydrogen-bond donors (Lipinski definition) is 0. The molecule has 0 radical (unpaired) electrons. The first-order chi connectivity index (χ1) is 11.9. The summed E-state index contributed by atoms with van der Waals surface area (Å²) in [7, 11) is -4.28. The van der Waals surface area contributed by atoms with E-state index in [0.29, 0.717) is 12.2 Å². The second-order valence-corrected chi connectivity index (χ2v) is 21.1. The van der Waals surface area contributed by atoms with Gasteiger partial charge < -0.3 is 17.7 Å². The maximum Gasteiger partial charge on any atom is 0.311 e. The van der Waals surface area contributed by atoms with Crippen molar-refractivity contribution >= 4 is 31.0 Å². The van der Waals surface area contributed by atoms with Crippen LogP contribution in [0.5, 0.6) is 0 Å². The van der Waals surface area contributed by atoms with Gasteiger partial charge in [-0.2, -0.15) is 0 Å². The lowest BCUT2D eigenvalue weighted by Crippen LogP contribution is -2.51. The lowest BCUT2D eigenvalue weighted by molar-refractivity contribution is -0.0917. The monoisotopic (exact) mass is 414 g/mol. The van der Waals surface area contributed by atoms with Gasteiger partial charge >= 0.3 is 8.56 Å². The zero-order valence-electron chi connectivity index (χ0n) is 17.4. The van der Waals surface area contributed by atoms with Gasteiger partial charge in [0.25, 0.3) is 0 Å². The maximum absolute atomic E-state index is 12.4. The molecule has 0 aliphatic carbocycles. The van der Waals surface area contributed by atoms with Crippen LogP contribution in [-0.2, 0) is 17.7 Å². The third-order valence-electron chi connectivity index (χ3n) is 3.53. The fourth-order valence-corrected chi connectivity index (χ4v) is 15.7. The van der Waals surface area contributed by atoms with Crippen LogP contribution in [0, 0.1) is 0 Å². The molecule has 5 nitrogen and oxygen atoms in total. The molecular formula is C18H34O5Si3. The highest BCUT2D eigenvalue weighted by Gasteiger charge is 2.38. The number of hydrogen-bond acceptors (Lipinski definition) is 5. The Hall–Kier alpha value is -0.619. The van der Waals surface area contributed by atoms with E-state index in [4.69, 9.17) is 17.7 Å². The molecule has 1 aromatic carbocycles. The van der Waals surface area contributed by atoms with Crippen LogP contribution >= 0.6 is 0 Å². The van der Waals surface area contributed by atoms with E-state index in [1.54, 1.807) is 12.1 Å². The van der Waals surface area contributed by atoms with Gasteiger partial charge in [-0.1, -0.05) is 30.3 Å². The van der Waals surface area contributed by atoms with Gasteiger partial charge in [-0.15, -0.1) is 0 Å². The lowest BCUT2D eigenvalue weighted by Gasteiger charge is -2.37. The smallest absolute Gasteiger partial charge is 0.311 e. The van der Waals surface area contributed by atoms with E-state index in [0.717, 1.165) is 6.04 Å². The highest BCUT2D eigenvalue weighted by molar-refractivity contribution is 6.87. The Balaban J connectivity index is 2.57. The van der Waals surface area contributed by atoms with E-state index in [1.165, 1.54) is 7.11 Å². The van der Waals surface area contributed by atoms with Crippen LogP contribution in [0.1, 0.15) is 10.4 Å². The van der Waals surface area contributed by atoms with Gasteiger partial charge in [-0.25, -0.2) is 0 Å². The van der Waals surface area contributed by atoms with Crippen molar-refractivity contribution in [2.75, 3.05) is 13.7 Å². The van der Waals surface area contributed by atoms with Crippen molar-refractivity contribution in [3.05, 3.63) is 35.9 Å². The Kier molecular flexibility index (Phi) is 8.59. The third kappa shape index (κ3) is 8.85. The van der Waals surface area contributed by atoms with E-state index in [1.807, 2.05) is 18.2 Å². The van der Waals surface area contributed by atoms with E-state index >= 15 is 0 Å². The largest absolute Gasteiger partial charge is 0.437 e. The summed E-state index contributed by atoms with van der Waals surface area (Å²) in [6.07, 6.45) is -0.884. The molecule has 0 saturated carbocycles. The SMILES string of the molecule is COC(OCC[Si](C)(C)O[Si](C)(C)O[Si](C)(C)C)C(=O)c1ccccc1. The van der Waals surface area contributed by atoms with Crippen LogP contribution in [0.3, 0.4) is 0 Å². The average Bonchev–Trinajstić information content (AvgIpc) is 2.48. The molecular weight excluding hydrogens is 380 g/mol. The quantitative estimate of drug-likeness (QED) is 0.300. The highest BCUT2D eigenvalue weighted by atomic mass is 28.5. The van der Waals surface area contributed by atoms with Crippen LogP contribution in [-0.4, -0.2) is 51.0 Å². The van der Waals surface area contributed by atoms with Crippen molar-refractivity contribution in [2.45, 2.75) is 58.2 Å². The van der Waals surface area contributed by atoms with Crippen molar-refractivity contribution < 1.29 is 22.5 Å². The third-order valence-corrected chi connectivity index (χ3v) is 13.5. The lowest BCUT2D eigenvalue weighted by atomic mass is 10.1. The van der Waals surface area contributed by atoms with Crippen LogP contribution in [0.2, 0.25) is 51.9 Å². The Morgan fingerprint density at radius 3 is 2.04 bits per heavy atom. The molecule has 148 valence electrons. The summed E-state index contributed by atoms with van der Waals surface area (Å²) < 4.78 is 23.7. The van der Waals surface area contributed by atoms with E-state index < -0.39 is 31.5 Å². The van der Waals surface area contributed by atoms with Crippen molar-refractivity contribution in [1.82, 2.24) is 0 Å². The summed E-state index contributed by atoms with van der Waals surface area (Å²) in [5, 5.41) is 0. The second kappa shape index (κ2) is 9.54. The van der Waals surface area contributed by atoms with Crippen molar-refractivity contribution in [3.63, 3.8) is 0 Å². The molecule has 1 rings (SSSR count). The molecule has 0 saturated heterocycles. The van der Waals surface area contributed by atoms with E-state index in [-0.39, 0.29) is 5.78 Å². The molecule has 0 N–H and O–H groups in total. The molecule has 0 fully saturated rings. The summed E-state index contributed by atoms with van der Waals surface area (Å²) in [5.41, 5.74) is 0.587. The predicted octanol–water partition coefficient (Wildman–Crippen LogP) is 4.63. The van der Waals surface area contributed by atoms with Gasteiger partial charge in [-0.3, -0.25) is 4.79 Å². The fraction of sp³-hybridized carbons (Fsp3) is 0.611. The Labute approximate surface area is 161 Å². The molecule has 1 atom stereocenters. The number of ketones is 1. The summed E-state index contributed by atoms with van der Waals surface area (Å²) in [5.74, 6) is -0.162. The Bertz CT molecular complexity index is 570. The minimum Gasteiger partial charge on any atom is -0.437 e. The number of carbonyl (C=O) groups is 1. The van der Waals surface area contributed by atoms with Gasteiger partial charge in [0.05, 0.1) is 0 Å². The highest BCUT2D eigenvalue weighted by Crippen LogP contribution is 2.23. The number of rotatable bonds is 11. The summed E-state index contributed by atoms with van der Waals surface area (Å²) >= 11 is 0. The molecule has 0 aliphatic heterocycles. The predicted molar refractivity (Wildman–Crippen MR) is 113 cm³/mol. The van der Waals surface area contributed by atoms with E-state index in [2.05, 4.69) is 45.8 Å². The molecule has 8 heteroatoms. The molecule has 0 aliphatic rings. The average molecular weight is 415 g/mol. The normalized spacial score (nSPS) is 14.3. The molecule has 0 aromatic heterocycles. The second-order valence-electron chi connectivity index (χ2n) is 8.39. The van der Waals surface area contributed by atoms with Crippen molar-refractivity contribution in [1.29, 1.82) is 0 Å². The maximum atomic E-state index is 12.4. The van der Waals surface area contributed by atoms with Crippen LogP contribution in [0.15, 0.2) is 30.3 Å². The first kappa shape index (κ1) is 23.4. The van der Waals surface area contributed by atoms with Crippen molar-refractivity contribution in [3.8, 4) is 0 Å². The summed E-state index contributed by atoms with van der Waals surface area (Å²) in [6.45, 7) is 15.5. The molecule has 1 unspecified atom stereocenters. The molecule has 0 spiro atoms. The number of ether oxygens (including phenoxy) is 2. The number of Topliss-reactive ketones (excluding diaryl/α,β-unsaturated/α-hetero) is 1. The van der Waals surface area contributed by atoms with Crippen LogP contribution in [0.4, 0.5) is 0 Å². The Morgan fingerprint density at radius 1 is 0.962 bits per heavy atom. The number of methoxy groups -OCH3 is 1. The molecule has 1 aromatic rings. The minimum absolute atomic E-state index is 0.162. The van der Waals surface area contributed by atoms with Gasteiger partial charge in [0.15, 0.2) is 16.6 Å². The number of carbonyl (C=O) groups excluding carboxylic acids is 1. The fourth-order valence-electron chi connectivity index (χ4n) is 2.88. The topological polar surface area (TPSA) is 54.0 Å². The number of benzene rings is 1. The molecule has 0 bridgehead atoms. The zero-order chi connectivity index (χ0) is 20.0. The van der Waals surface area contributed by atoms with E-state index in [9.17, 15) is 4.79 Å². The minimum atomic E-state index is -2.16. The molecule has 0 amide bonds. The first-order valence-electron chi connectivity index (χ1n) is 8.99. The van der Waals surface area contributed by atoms with Gasteiger partial charge in [0, 0.05) is 19.3 Å².